The Morgan fingerprint density at radius 3 is 2.75 bits per heavy atom. The summed E-state index contributed by atoms with van der Waals surface area (Å²) in [6.07, 6.45) is 3.98. The van der Waals surface area contributed by atoms with Crippen LogP contribution < -0.4 is 10.6 Å². The van der Waals surface area contributed by atoms with E-state index in [9.17, 15) is 5.26 Å². The molecule has 20 heavy (non-hydrogen) atoms. The fourth-order valence-electron chi connectivity index (χ4n) is 2.37. The molecule has 0 radical (unpaired) electrons. The van der Waals surface area contributed by atoms with E-state index in [-0.39, 0.29) is 0 Å². The van der Waals surface area contributed by atoms with Gasteiger partial charge in [-0.1, -0.05) is 18.2 Å². The number of nitrogen functional groups attached to an aromatic ring is 1. The molecule has 0 atom stereocenters. The van der Waals surface area contributed by atoms with Crippen LogP contribution in [0, 0.1) is 11.3 Å². The number of benzene rings is 1. The molecule has 1 fully saturated rings. The predicted molar refractivity (Wildman–Crippen MR) is 79.0 cm³/mol. The van der Waals surface area contributed by atoms with Gasteiger partial charge in [0.15, 0.2) is 5.69 Å². The van der Waals surface area contributed by atoms with Gasteiger partial charge in [0, 0.05) is 24.5 Å². The Kier molecular flexibility index (Phi) is 3.26. The summed E-state index contributed by atoms with van der Waals surface area (Å²) in [5.41, 5.74) is 9.30. The maximum absolute atomic E-state index is 9.23. The topological polar surface area (TPSA) is 65.9 Å². The minimum Gasteiger partial charge on any atom is -0.398 e. The zero-order valence-electron chi connectivity index (χ0n) is 11.2. The molecule has 1 aliphatic rings. The van der Waals surface area contributed by atoms with Crippen molar-refractivity contribution in [2.75, 3.05) is 10.6 Å². The highest BCUT2D eigenvalue weighted by atomic mass is 15.2. The summed E-state index contributed by atoms with van der Waals surface area (Å²) >= 11 is 0. The Balaban J connectivity index is 1.94. The number of rotatable bonds is 4. The lowest BCUT2D eigenvalue weighted by Gasteiger charge is -2.25. The number of hydrogen-bond acceptors (Lipinski definition) is 4. The Bertz CT molecular complexity index is 656. The van der Waals surface area contributed by atoms with Crippen molar-refractivity contribution in [2.45, 2.75) is 25.4 Å². The molecule has 1 aromatic heterocycles. The molecule has 100 valence electrons. The van der Waals surface area contributed by atoms with Crippen LogP contribution in [0.4, 0.5) is 11.4 Å². The van der Waals surface area contributed by atoms with E-state index < -0.39 is 0 Å². The van der Waals surface area contributed by atoms with Crippen LogP contribution >= 0.6 is 0 Å². The van der Waals surface area contributed by atoms with Crippen molar-refractivity contribution in [3.8, 4) is 6.07 Å². The van der Waals surface area contributed by atoms with Crippen molar-refractivity contribution in [2.24, 2.45) is 0 Å². The van der Waals surface area contributed by atoms with Gasteiger partial charge in [-0.15, -0.1) is 0 Å². The van der Waals surface area contributed by atoms with Crippen LogP contribution in [-0.2, 0) is 6.54 Å². The molecule has 0 amide bonds. The van der Waals surface area contributed by atoms with Gasteiger partial charge in [0.25, 0.3) is 0 Å². The first-order chi connectivity index (χ1) is 9.79. The highest BCUT2D eigenvalue weighted by molar-refractivity contribution is 5.59. The summed E-state index contributed by atoms with van der Waals surface area (Å²) in [6.45, 7) is 0.720. The van der Waals surface area contributed by atoms with Gasteiger partial charge in [-0.3, -0.25) is 0 Å². The third kappa shape index (κ3) is 2.43. The lowest BCUT2D eigenvalue weighted by Crippen LogP contribution is -2.26. The number of pyridine rings is 1. The predicted octanol–water partition coefficient (Wildman–Crippen LogP) is 2.70. The van der Waals surface area contributed by atoms with Gasteiger partial charge < -0.3 is 10.6 Å². The lowest BCUT2D eigenvalue weighted by molar-refractivity contribution is 0.791. The lowest BCUT2D eigenvalue weighted by atomic mass is 10.1. The second kappa shape index (κ2) is 5.22. The molecule has 1 saturated carbocycles. The average molecular weight is 264 g/mol. The first-order valence-corrected chi connectivity index (χ1v) is 6.74. The third-order valence-electron chi connectivity index (χ3n) is 3.59. The minimum absolute atomic E-state index is 0.480. The molecule has 0 aliphatic heterocycles. The fourth-order valence-corrected chi connectivity index (χ4v) is 2.37. The van der Waals surface area contributed by atoms with Crippen LogP contribution in [-0.4, -0.2) is 11.0 Å². The van der Waals surface area contributed by atoms with Gasteiger partial charge in [-0.05, 0) is 36.6 Å². The molecule has 0 spiro atoms. The molecule has 2 N–H and O–H groups in total. The van der Waals surface area contributed by atoms with Crippen LogP contribution in [0.1, 0.15) is 24.1 Å². The number of hydrogen-bond donors (Lipinski definition) is 1. The van der Waals surface area contributed by atoms with Crippen LogP contribution in [0.3, 0.4) is 0 Å². The van der Waals surface area contributed by atoms with Crippen molar-refractivity contribution in [1.82, 2.24) is 4.98 Å². The number of nitrogens with zero attached hydrogens (tertiary/aromatic N) is 3. The number of nitriles is 1. The number of para-hydroxylation sites is 1. The number of aromatic nitrogens is 1. The molecule has 0 unspecified atom stereocenters. The molecule has 1 heterocycles. The average Bonchev–Trinajstić information content (AvgIpc) is 3.31. The van der Waals surface area contributed by atoms with Crippen molar-refractivity contribution in [1.29, 1.82) is 5.26 Å². The van der Waals surface area contributed by atoms with Gasteiger partial charge >= 0.3 is 0 Å². The van der Waals surface area contributed by atoms with Gasteiger partial charge in [0.05, 0.1) is 5.69 Å². The van der Waals surface area contributed by atoms with E-state index in [0.717, 1.165) is 36.3 Å². The van der Waals surface area contributed by atoms with E-state index in [1.54, 1.807) is 6.20 Å². The molecule has 1 aromatic carbocycles. The summed E-state index contributed by atoms with van der Waals surface area (Å²) in [6, 6.07) is 14.4. The van der Waals surface area contributed by atoms with E-state index in [1.165, 1.54) is 0 Å². The van der Waals surface area contributed by atoms with Crippen LogP contribution in [0.5, 0.6) is 0 Å². The van der Waals surface area contributed by atoms with E-state index in [1.807, 2.05) is 36.4 Å². The van der Waals surface area contributed by atoms with Crippen LogP contribution in [0.2, 0.25) is 0 Å². The summed E-state index contributed by atoms with van der Waals surface area (Å²) < 4.78 is 0. The Morgan fingerprint density at radius 1 is 1.25 bits per heavy atom. The Morgan fingerprint density at radius 2 is 2.05 bits per heavy atom. The molecule has 1 aliphatic carbocycles. The molecular formula is C16H16N4. The standard InChI is InChI=1S/C16H16N4/c17-10-15-16(6-3-9-19-15)20(13-7-8-13)11-12-4-1-2-5-14(12)18/h1-6,9,13H,7-8,11,18H2. The van der Waals surface area contributed by atoms with Crippen molar-refractivity contribution in [3.05, 3.63) is 53.9 Å². The van der Waals surface area contributed by atoms with Crippen molar-refractivity contribution >= 4 is 11.4 Å². The molecule has 0 bridgehead atoms. The zero-order valence-corrected chi connectivity index (χ0v) is 11.2. The molecule has 2 aromatic rings. The molecule has 0 saturated heterocycles. The first kappa shape index (κ1) is 12.5. The van der Waals surface area contributed by atoms with Gasteiger partial charge in [0.2, 0.25) is 0 Å². The number of nitrogens with two attached hydrogens (primary N) is 1. The summed E-state index contributed by atoms with van der Waals surface area (Å²) in [5.74, 6) is 0. The van der Waals surface area contributed by atoms with Gasteiger partial charge in [-0.25, -0.2) is 4.98 Å². The second-order valence-corrected chi connectivity index (χ2v) is 5.04. The van der Waals surface area contributed by atoms with E-state index in [2.05, 4.69) is 16.0 Å². The minimum atomic E-state index is 0.480. The molecule has 4 heteroatoms. The monoisotopic (exact) mass is 264 g/mol. The molecule has 3 rings (SSSR count). The highest BCUT2D eigenvalue weighted by Crippen LogP contribution is 2.34. The molecular weight excluding hydrogens is 248 g/mol. The SMILES string of the molecule is N#Cc1ncccc1N(Cc1ccccc1N)C1CC1. The molecule has 4 nitrogen and oxygen atoms in total. The highest BCUT2D eigenvalue weighted by Gasteiger charge is 2.31. The Labute approximate surface area is 118 Å². The van der Waals surface area contributed by atoms with Crippen molar-refractivity contribution < 1.29 is 0 Å². The van der Waals surface area contributed by atoms with Gasteiger partial charge in [-0.2, -0.15) is 5.26 Å². The zero-order chi connectivity index (χ0) is 13.9. The largest absolute Gasteiger partial charge is 0.398 e. The Hall–Kier alpha value is -2.54. The van der Waals surface area contributed by atoms with Crippen LogP contribution in [0.15, 0.2) is 42.6 Å². The van der Waals surface area contributed by atoms with E-state index >= 15 is 0 Å². The number of anilines is 2. The smallest absolute Gasteiger partial charge is 0.163 e. The van der Waals surface area contributed by atoms with Crippen molar-refractivity contribution in [3.63, 3.8) is 0 Å². The van der Waals surface area contributed by atoms with E-state index in [4.69, 9.17) is 5.73 Å². The summed E-state index contributed by atoms with van der Waals surface area (Å²) in [5, 5.41) is 9.23. The van der Waals surface area contributed by atoms with E-state index in [0.29, 0.717) is 11.7 Å². The summed E-state index contributed by atoms with van der Waals surface area (Å²) in [7, 11) is 0. The van der Waals surface area contributed by atoms with Gasteiger partial charge in [0.1, 0.15) is 6.07 Å². The maximum atomic E-state index is 9.23. The quantitative estimate of drug-likeness (QED) is 0.862. The normalized spacial score (nSPS) is 13.8. The third-order valence-corrected chi connectivity index (χ3v) is 3.59. The van der Waals surface area contributed by atoms with Crippen LogP contribution in [0.25, 0.3) is 0 Å². The summed E-state index contributed by atoms with van der Waals surface area (Å²) in [4.78, 5) is 6.41. The first-order valence-electron chi connectivity index (χ1n) is 6.74. The fraction of sp³-hybridized carbons (Fsp3) is 0.250. The second-order valence-electron chi connectivity index (χ2n) is 5.04. The maximum Gasteiger partial charge on any atom is 0.163 e.